The van der Waals surface area contributed by atoms with Crippen LogP contribution in [0.2, 0.25) is 0 Å². The summed E-state index contributed by atoms with van der Waals surface area (Å²) in [7, 11) is 1.58. The van der Waals surface area contributed by atoms with Crippen molar-refractivity contribution in [1.82, 2.24) is 9.78 Å². The number of anilines is 1. The lowest BCUT2D eigenvalue weighted by molar-refractivity contribution is -0.117. The minimum absolute atomic E-state index is 0.279. The van der Waals surface area contributed by atoms with Crippen molar-refractivity contribution in [2.24, 2.45) is 0 Å². The second kappa shape index (κ2) is 7.82. The first-order chi connectivity index (χ1) is 13.0. The van der Waals surface area contributed by atoms with Crippen LogP contribution >= 0.6 is 0 Å². The Morgan fingerprint density at radius 2 is 1.89 bits per heavy atom. The van der Waals surface area contributed by atoms with E-state index in [0.717, 1.165) is 10.2 Å². The van der Waals surface area contributed by atoms with E-state index < -0.39 is 17.3 Å². The molecule has 6 nitrogen and oxygen atoms in total. The van der Waals surface area contributed by atoms with E-state index in [1.807, 2.05) is 12.1 Å². The Labute approximate surface area is 155 Å². The molecular formula is C20H18FN3O3. The first-order valence-electron chi connectivity index (χ1n) is 8.25. The molecule has 0 radical (unpaired) electrons. The number of halogens is 1. The van der Waals surface area contributed by atoms with Gasteiger partial charge in [-0.25, -0.2) is 9.07 Å². The number of aromatic nitrogens is 2. The number of nitrogens with one attached hydrogen (secondary N) is 1. The lowest BCUT2D eigenvalue weighted by Crippen LogP contribution is -2.29. The van der Waals surface area contributed by atoms with Gasteiger partial charge in [0.05, 0.1) is 12.8 Å². The molecule has 0 aliphatic heterocycles. The minimum Gasteiger partial charge on any atom is -0.497 e. The number of aryl methyl sites for hydroxylation is 1. The minimum atomic E-state index is -0.472. The maximum atomic E-state index is 13.6. The molecule has 0 atom stereocenters. The van der Waals surface area contributed by atoms with Gasteiger partial charge in [0.2, 0.25) is 5.91 Å². The normalized spacial score (nSPS) is 10.5. The van der Waals surface area contributed by atoms with Gasteiger partial charge in [0.15, 0.2) is 0 Å². The maximum absolute atomic E-state index is 13.6. The van der Waals surface area contributed by atoms with E-state index in [9.17, 15) is 14.0 Å². The highest BCUT2D eigenvalue weighted by Gasteiger charge is 2.09. The van der Waals surface area contributed by atoms with Gasteiger partial charge in [-0.3, -0.25) is 9.59 Å². The lowest BCUT2D eigenvalue weighted by Gasteiger charge is -2.09. The van der Waals surface area contributed by atoms with Gasteiger partial charge in [0.25, 0.3) is 5.56 Å². The number of carbonyl (C=O) groups excluding carboxylic acids is 1. The summed E-state index contributed by atoms with van der Waals surface area (Å²) in [5, 5.41) is 6.80. The summed E-state index contributed by atoms with van der Waals surface area (Å²) in [6.07, 6.45) is 0. The molecule has 0 bridgehead atoms. The molecule has 138 valence electrons. The number of hydrogen-bond acceptors (Lipinski definition) is 4. The van der Waals surface area contributed by atoms with Gasteiger partial charge >= 0.3 is 0 Å². The molecule has 7 heteroatoms. The van der Waals surface area contributed by atoms with E-state index in [4.69, 9.17) is 4.74 Å². The molecule has 0 fully saturated rings. The van der Waals surface area contributed by atoms with Crippen LogP contribution in [0.3, 0.4) is 0 Å². The van der Waals surface area contributed by atoms with Crippen LogP contribution < -0.4 is 15.6 Å². The molecule has 1 heterocycles. The second-order valence-electron chi connectivity index (χ2n) is 5.96. The molecule has 0 unspecified atom stereocenters. The van der Waals surface area contributed by atoms with Crippen LogP contribution in [0.4, 0.5) is 10.1 Å². The Kier molecular flexibility index (Phi) is 5.30. The molecule has 1 aromatic heterocycles. The predicted octanol–water partition coefficient (Wildman–Crippen LogP) is 3.01. The molecule has 3 aromatic rings. The number of amides is 1. The average Bonchev–Trinajstić information content (AvgIpc) is 2.66. The molecule has 3 rings (SSSR count). The van der Waals surface area contributed by atoms with Crippen LogP contribution in [0.15, 0.2) is 59.4 Å². The van der Waals surface area contributed by atoms with Crippen LogP contribution in [-0.4, -0.2) is 22.8 Å². The zero-order valence-corrected chi connectivity index (χ0v) is 14.9. The van der Waals surface area contributed by atoms with E-state index in [2.05, 4.69) is 10.4 Å². The highest BCUT2D eigenvalue weighted by molar-refractivity contribution is 5.90. The Bertz CT molecular complexity index is 1030. The highest BCUT2D eigenvalue weighted by Crippen LogP contribution is 2.19. The topological polar surface area (TPSA) is 73.2 Å². The Hall–Kier alpha value is -3.48. The number of hydrogen-bond donors (Lipinski definition) is 1. The third-order valence-corrected chi connectivity index (χ3v) is 4.00. The summed E-state index contributed by atoms with van der Waals surface area (Å²) in [4.78, 5) is 24.2. The smallest absolute Gasteiger partial charge is 0.267 e. The largest absolute Gasteiger partial charge is 0.497 e. The number of carbonyl (C=O) groups is 1. The van der Waals surface area contributed by atoms with Gasteiger partial charge < -0.3 is 10.1 Å². The molecule has 2 aromatic carbocycles. The Balaban J connectivity index is 1.78. The summed E-state index contributed by atoms with van der Waals surface area (Å²) in [6, 6.07) is 14.5. The van der Waals surface area contributed by atoms with Gasteiger partial charge in [-0.15, -0.1) is 0 Å². The van der Waals surface area contributed by atoms with Crippen molar-refractivity contribution in [3.05, 3.63) is 76.3 Å². The van der Waals surface area contributed by atoms with E-state index in [1.165, 1.54) is 12.1 Å². The third-order valence-electron chi connectivity index (χ3n) is 4.00. The van der Waals surface area contributed by atoms with Crippen molar-refractivity contribution < 1.29 is 13.9 Å². The Morgan fingerprint density at radius 3 is 2.56 bits per heavy atom. The lowest BCUT2D eigenvalue weighted by atomic mass is 10.1. The van der Waals surface area contributed by atoms with Crippen LogP contribution in [0.5, 0.6) is 5.75 Å². The van der Waals surface area contributed by atoms with Gasteiger partial charge in [-0.1, -0.05) is 6.07 Å². The monoisotopic (exact) mass is 367 g/mol. The molecule has 0 saturated heterocycles. The number of ether oxygens (including phenoxy) is 1. The van der Waals surface area contributed by atoms with Crippen molar-refractivity contribution in [3.63, 3.8) is 0 Å². The van der Waals surface area contributed by atoms with Crippen LogP contribution in [0, 0.1) is 12.7 Å². The molecule has 0 aliphatic carbocycles. The summed E-state index contributed by atoms with van der Waals surface area (Å²) in [6.45, 7) is 1.35. The van der Waals surface area contributed by atoms with E-state index in [1.54, 1.807) is 44.4 Å². The molecule has 1 N–H and O–H groups in total. The van der Waals surface area contributed by atoms with Crippen molar-refractivity contribution in [2.75, 3.05) is 12.4 Å². The first kappa shape index (κ1) is 18.3. The van der Waals surface area contributed by atoms with Crippen LogP contribution in [0.1, 0.15) is 5.56 Å². The van der Waals surface area contributed by atoms with E-state index >= 15 is 0 Å². The zero-order chi connectivity index (χ0) is 19.4. The Morgan fingerprint density at radius 1 is 1.15 bits per heavy atom. The summed E-state index contributed by atoms with van der Waals surface area (Å²) in [5.74, 6) is -0.180. The number of nitrogens with zero attached hydrogens (tertiary/aromatic N) is 2. The SMILES string of the molecule is COc1ccc(-c2ccc(=O)n(CC(=O)Nc3ccc(C)c(F)c3)n2)cc1. The zero-order valence-electron chi connectivity index (χ0n) is 14.9. The van der Waals surface area contributed by atoms with E-state index in [0.29, 0.717) is 22.7 Å². The number of methoxy groups -OCH3 is 1. The highest BCUT2D eigenvalue weighted by atomic mass is 19.1. The molecular weight excluding hydrogens is 349 g/mol. The van der Waals surface area contributed by atoms with Crippen molar-refractivity contribution in [1.29, 1.82) is 0 Å². The quantitative estimate of drug-likeness (QED) is 0.752. The fraction of sp³-hybridized carbons (Fsp3) is 0.150. The summed E-state index contributed by atoms with van der Waals surface area (Å²) < 4.78 is 19.8. The van der Waals surface area contributed by atoms with Crippen molar-refractivity contribution in [2.45, 2.75) is 13.5 Å². The van der Waals surface area contributed by atoms with Crippen LogP contribution in [-0.2, 0) is 11.3 Å². The fourth-order valence-electron chi connectivity index (χ4n) is 2.49. The third kappa shape index (κ3) is 4.38. The average molecular weight is 367 g/mol. The van der Waals surface area contributed by atoms with Gasteiger partial charge in [0, 0.05) is 17.3 Å². The fourth-order valence-corrected chi connectivity index (χ4v) is 2.49. The standard InChI is InChI=1S/C20H18FN3O3/c1-13-3-6-15(11-17(13)21)22-19(25)12-24-20(26)10-9-18(23-24)14-4-7-16(27-2)8-5-14/h3-11H,12H2,1-2H3,(H,22,25). The summed E-state index contributed by atoms with van der Waals surface area (Å²) in [5.41, 5.74) is 1.73. The summed E-state index contributed by atoms with van der Waals surface area (Å²) >= 11 is 0. The van der Waals surface area contributed by atoms with Crippen molar-refractivity contribution >= 4 is 11.6 Å². The number of benzene rings is 2. The molecule has 27 heavy (non-hydrogen) atoms. The second-order valence-corrected chi connectivity index (χ2v) is 5.96. The predicted molar refractivity (Wildman–Crippen MR) is 100 cm³/mol. The number of rotatable bonds is 5. The maximum Gasteiger partial charge on any atom is 0.267 e. The molecule has 0 aliphatic rings. The van der Waals surface area contributed by atoms with Crippen LogP contribution in [0.25, 0.3) is 11.3 Å². The van der Waals surface area contributed by atoms with Gasteiger partial charge in [0.1, 0.15) is 18.1 Å². The van der Waals surface area contributed by atoms with Gasteiger partial charge in [-0.05, 0) is 55.0 Å². The molecule has 1 amide bonds. The van der Waals surface area contributed by atoms with E-state index in [-0.39, 0.29) is 6.54 Å². The van der Waals surface area contributed by atoms with Crippen molar-refractivity contribution in [3.8, 4) is 17.0 Å². The molecule has 0 saturated carbocycles. The first-order valence-corrected chi connectivity index (χ1v) is 8.25. The van der Waals surface area contributed by atoms with Gasteiger partial charge in [-0.2, -0.15) is 5.10 Å². The molecule has 0 spiro atoms.